The average molecular weight is 317 g/mol. The fraction of sp³-hybridized carbons (Fsp3) is 0.550. The van der Waals surface area contributed by atoms with Crippen LogP contribution in [0.5, 0.6) is 5.75 Å². The van der Waals surface area contributed by atoms with E-state index in [0.29, 0.717) is 18.4 Å². The summed E-state index contributed by atoms with van der Waals surface area (Å²) in [6.45, 7) is 12.9. The van der Waals surface area contributed by atoms with Crippen LogP contribution in [0.15, 0.2) is 30.3 Å². The summed E-state index contributed by atoms with van der Waals surface area (Å²) in [6, 6.07) is 7.83. The zero-order valence-corrected chi connectivity index (χ0v) is 15.2. The van der Waals surface area contributed by atoms with Gasteiger partial charge in [-0.2, -0.15) is 0 Å². The van der Waals surface area contributed by atoms with Crippen LogP contribution < -0.4 is 4.74 Å². The molecule has 0 aliphatic carbocycles. The molecule has 0 spiro atoms. The molecule has 0 saturated carbocycles. The van der Waals surface area contributed by atoms with Crippen LogP contribution in [-0.2, 0) is 4.79 Å². The van der Waals surface area contributed by atoms with Crippen LogP contribution in [0.1, 0.15) is 46.6 Å². The van der Waals surface area contributed by atoms with E-state index in [-0.39, 0.29) is 5.91 Å². The number of carbonyl (C=O) groups is 1. The summed E-state index contributed by atoms with van der Waals surface area (Å²) in [5, 5.41) is 0. The van der Waals surface area contributed by atoms with Gasteiger partial charge in [0.2, 0.25) is 5.91 Å². The van der Waals surface area contributed by atoms with Gasteiger partial charge in [0.1, 0.15) is 5.75 Å². The van der Waals surface area contributed by atoms with E-state index in [4.69, 9.17) is 4.74 Å². The second kappa shape index (κ2) is 10.1. The number of nitrogens with zero attached hydrogens (tertiary/aromatic N) is 1. The Balaban J connectivity index is 2.82. The van der Waals surface area contributed by atoms with Crippen molar-refractivity contribution in [1.29, 1.82) is 0 Å². The van der Waals surface area contributed by atoms with E-state index in [2.05, 4.69) is 34.6 Å². The lowest BCUT2D eigenvalue weighted by atomic mass is 10.1. The van der Waals surface area contributed by atoms with E-state index in [1.807, 2.05) is 35.2 Å². The third kappa shape index (κ3) is 7.36. The Hall–Kier alpha value is -1.77. The Morgan fingerprint density at radius 3 is 2.30 bits per heavy atom. The molecule has 0 atom stereocenters. The number of rotatable bonds is 9. The van der Waals surface area contributed by atoms with Crippen LogP contribution in [0.3, 0.4) is 0 Å². The van der Waals surface area contributed by atoms with Crippen molar-refractivity contribution in [1.82, 2.24) is 4.90 Å². The summed E-state index contributed by atoms with van der Waals surface area (Å²) in [5.74, 6) is 1.83. The first-order chi connectivity index (χ1) is 10.9. The molecule has 0 heterocycles. The van der Waals surface area contributed by atoms with Gasteiger partial charge in [0, 0.05) is 24.7 Å². The molecule has 1 aromatic carbocycles. The van der Waals surface area contributed by atoms with E-state index < -0.39 is 0 Å². The number of carbonyl (C=O) groups excluding carboxylic acids is 1. The highest BCUT2D eigenvalue weighted by Crippen LogP contribution is 2.20. The highest BCUT2D eigenvalue weighted by molar-refractivity contribution is 5.92. The number of amides is 1. The highest BCUT2D eigenvalue weighted by atomic mass is 16.5. The summed E-state index contributed by atoms with van der Waals surface area (Å²) in [4.78, 5) is 14.4. The van der Waals surface area contributed by atoms with Crippen molar-refractivity contribution in [2.45, 2.75) is 41.0 Å². The predicted molar refractivity (Wildman–Crippen MR) is 97.5 cm³/mol. The van der Waals surface area contributed by atoms with Crippen LogP contribution in [-0.4, -0.2) is 30.5 Å². The zero-order valence-electron chi connectivity index (χ0n) is 15.2. The Morgan fingerprint density at radius 2 is 1.74 bits per heavy atom. The van der Waals surface area contributed by atoms with Crippen molar-refractivity contribution in [3.05, 3.63) is 35.9 Å². The van der Waals surface area contributed by atoms with Gasteiger partial charge in [-0.25, -0.2) is 0 Å². The Kier molecular flexibility index (Phi) is 8.46. The molecule has 0 radical (unpaired) electrons. The second-order valence-electron chi connectivity index (χ2n) is 6.75. The van der Waals surface area contributed by atoms with Gasteiger partial charge >= 0.3 is 0 Å². The van der Waals surface area contributed by atoms with E-state index in [0.717, 1.165) is 30.8 Å². The fourth-order valence-electron chi connectivity index (χ4n) is 2.36. The Labute approximate surface area is 141 Å². The van der Waals surface area contributed by atoms with Crippen molar-refractivity contribution >= 4 is 12.0 Å². The summed E-state index contributed by atoms with van der Waals surface area (Å²) >= 11 is 0. The molecule has 23 heavy (non-hydrogen) atoms. The molecule has 128 valence electrons. The normalized spacial score (nSPS) is 11.4. The molecular formula is C20H31NO2. The predicted octanol–water partition coefficient (Wildman–Crippen LogP) is 4.63. The Bertz CT molecular complexity index is 496. The van der Waals surface area contributed by atoms with E-state index >= 15 is 0 Å². The van der Waals surface area contributed by atoms with Crippen LogP contribution in [0, 0.1) is 11.8 Å². The number of hydrogen-bond donors (Lipinski definition) is 0. The highest BCUT2D eigenvalue weighted by Gasteiger charge is 2.14. The zero-order chi connectivity index (χ0) is 17.2. The molecular weight excluding hydrogens is 286 g/mol. The van der Waals surface area contributed by atoms with Crippen LogP contribution >= 0.6 is 0 Å². The summed E-state index contributed by atoms with van der Waals surface area (Å²) in [6.07, 6.45) is 4.49. The number of para-hydroxylation sites is 1. The minimum Gasteiger partial charge on any atom is -0.493 e. The number of benzene rings is 1. The minimum atomic E-state index is 0.0673. The Morgan fingerprint density at radius 1 is 1.13 bits per heavy atom. The molecule has 0 N–H and O–H groups in total. The maximum Gasteiger partial charge on any atom is 0.246 e. The molecule has 1 rings (SSSR count). The average Bonchev–Trinajstić information content (AvgIpc) is 2.49. The van der Waals surface area contributed by atoms with Gasteiger partial charge in [-0.05, 0) is 30.4 Å². The SMILES string of the molecule is CCCOc1ccccc1/C=C/C(=O)N(CC(C)C)CC(C)C. The monoisotopic (exact) mass is 317 g/mol. The molecule has 0 aliphatic rings. The number of hydrogen-bond acceptors (Lipinski definition) is 2. The van der Waals surface area contributed by atoms with Crippen molar-refractivity contribution in [3.63, 3.8) is 0 Å². The first kappa shape index (κ1) is 19.3. The van der Waals surface area contributed by atoms with E-state index in [1.54, 1.807) is 6.08 Å². The lowest BCUT2D eigenvalue weighted by Crippen LogP contribution is -2.35. The largest absolute Gasteiger partial charge is 0.493 e. The van der Waals surface area contributed by atoms with Gasteiger partial charge in [0.05, 0.1) is 6.61 Å². The fourth-order valence-corrected chi connectivity index (χ4v) is 2.36. The van der Waals surface area contributed by atoms with Gasteiger partial charge < -0.3 is 9.64 Å². The van der Waals surface area contributed by atoms with Crippen molar-refractivity contribution in [2.75, 3.05) is 19.7 Å². The molecule has 0 saturated heterocycles. The smallest absolute Gasteiger partial charge is 0.246 e. The molecule has 0 fully saturated rings. The van der Waals surface area contributed by atoms with Gasteiger partial charge in [-0.3, -0.25) is 4.79 Å². The second-order valence-corrected chi connectivity index (χ2v) is 6.75. The lowest BCUT2D eigenvalue weighted by molar-refractivity contribution is -0.127. The number of ether oxygens (including phenoxy) is 1. The van der Waals surface area contributed by atoms with Gasteiger partial charge in [-0.15, -0.1) is 0 Å². The minimum absolute atomic E-state index is 0.0673. The lowest BCUT2D eigenvalue weighted by Gasteiger charge is -2.25. The van der Waals surface area contributed by atoms with Gasteiger partial charge in [0.15, 0.2) is 0 Å². The third-order valence-electron chi connectivity index (χ3n) is 3.27. The molecule has 0 bridgehead atoms. The molecule has 0 aliphatic heterocycles. The first-order valence-electron chi connectivity index (χ1n) is 8.62. The van der Waals surface area contributed by atoms with Crippen LogP contribution in [0.4, 0.5) is 0 Å². The topological polar surface area (TPSA) is 29.5 Å². The quantitative estimate of drug-likeness (QED) is 0.621. The van der Waals surface area contributed by atoms with Gasteiger partial charge in [-0.1, -0.05) is 52.8 Å². The summed E-state index contributed by atoms with van der Waals surface area (Å²) in [7, 11) is 0. The van der Waals surface area contributed by atoms with Gasteiger partial charge in [0.25, 0.3) is 0 Å². The summed E-state index contributed by atoms with van der Waals surface area (Å²) < 4.78 is 5.73. The summed E-state index contributed by atoms with van der Waals surface area (Å²) in [5.41, 5.74) is 0.948. The van der Waals surface area contributed by atoms with Crippen molar-refractivity contribution < 1.29 is 9.53 Å². The molecule has 0 aromatic heterocycles. The first-order valence-corrected chi connectivity index (χ1v) is 8.62. The van der Waals surface area contributed by atoms with Crippen LogP contribution in [0.25, 0.3) is 6.08 Å². The van der Waals surface area contributed by atoms with Crippen LogP contribution in [0.2, 0.25) is 0 Å². The van der Waals surface area contributed by atoms with Crippen molar-refractivity contribution in [3.8, 4) is 5.75 Å². The maximum atomic E-state index is 12.5. The molecule has 3 heteroatoms. The molecule has 1 aromatic rings. The molecule has 1 amide bonds. The van der Waals surface area contributed by atoms with Crippen molar-refractivity contribution in [2.24, 2.45) is 11.8 Å². The standard InChI is InChI=1S/C20H31NO2/c1-6-13-23-19-10-8-7-9-18(19)11-12-20(22)21(14-16(2)3)15-17(4)5/h7-12,16-17H,6,13-15H2,1-5H3/b12-11+. The third-order valence-corrected chi connectivity index (χ3v) is 3.27. The maximum absolute atomic E-state index is 12.5. The van der Waals surface area contributed by atoms with E-state index in [9.17, 15) is 4.79 Å². The molecule has 0 unspecified atom stereocenters. The molecule has 3 nitrogen and oxygen atoms in total. The van der Waals surface area contributed by atoms with E-state index in [1.165, 1.54) is 0 Å².